The van der Waals surface area contributed by atoms with Gasteiger partial charge < -0.3 is 10.2 Å². The third kappa shape index (κ3) is 4.85. The Morgan fingerprint density at radius 2 is 1.74 bits per heavy atom. The quantitative estimate of drug-likeness (QED) is 0.757. The summed E-state index contributed by atoms with van der Waals surface area (Å²) in [5.74, 6) is -1.38. The minimum absolute atomic E-state index is 0.0619. The van der Waals surface area contributed by atoms with Gasteiger partial charge in [0.25, 0.3) is 0 Å². The highest BCUT2D eigenvalue weighted by Gasteiger charge is 2.41. The Labute approximate surface area is 180 Å². The van der Waals surface area contributed by atoms with Crippen molar-refractivity contribution < 1.29 is 22.0 Å². The molecule has 1 N–H and O–H groups in total. The first-order valence-corrected chi connectivity index (χ1v) is 11.7. The summed E-state index contributed by atoms with van der Waals surface area (Å²) in [4.78, 5) is 18.4. The lowest BCUT2D eigenvalue weighted by molar-refractivity contribution is 0.174. The van der Waals surface area contributed by atoms with Gasteiger partial charge in [-0.2, -0.15) is 0 Å². The van der Waals surface area contributed by atoms with Crippen LogP contribution in [0, 0.1) is 11.6 Å². The number of rotatable bonds is 5. The molecule has 10 heteroatoms. The molecule has 0 bridgehead atoms. The van der Waals surface area contributed by atoms with E-state index >= 15 is 0 Å². The largest absolute Gasteiger partial charge is 0.325 e. The molecule has 2 amide bonds. The zero-order valence-corrected chi connectivity index (χ0v) is 17.9. The van der Waals surface area contributed by atoms with Gasteiger partial charge in [-0.15, -0.1) is 0 Å². The van der Waals surface area contributed by atoms with Crippen LogP contribution in [0.4, 0.5) is 19.3 Å². The van der Waals surface area contributed by atoms with E-state index in [0.717, 1.165) is 18.9 Å². The minimum Gasteiger partial charge on any atom is -0.325 e. The highest BCUT2D eigenvalue weighted by atomic mass is 32.2. The lowest BCUT2D eigenvalue weighted by Gasteiger charge is -2.36. The van der Waals surface area contributed by atoms with Crippen LogP contribution in [0.3, 0.4) is 0 Å². The first kappa shape index (κ1) is 21.6. The van der Waals surface area contributed by atoms with Crippen LogP contribution in [0.2, 0.25) is 0 Å². The van der Waals surface area contributed by atoms with Gasteiger partial charge in [-0.1, -0.05) is 0 Å². The average Bonchev–Trinajstić information content (AvgIpc) is 3.59. The summed E-state index contributed by atoms with van der Waals surface area (Å²) < 4.78 is 53.0. The van der Waals surface area contributed by atoms with Gasteiger partial charge in [-0.05, 0) is 49.9 Å². The van der Waals surface area contributed by atoms with Gasteiger partial charge in [0.05, 0.1) is 22.8 Å². The Kier molecular flexibility index (Phi) is 5.94. The number of hydrogen-bond acceptors (Lipinski definition) is 4. The number of nitrogens with zero attached hydrogens (tertiary/aromatic N) is 3. The van der Waals surface area contributed by atoms with E-state index in [1.807, 2.05) is 0 Å². The lowest BCUT2D eigenvalue weighted by atomic mass is 10.1. The van der Waals surface area contributed by atoms with E-state index in [9.17, 15) is 22.0 Å². The van der Waals surface area contributed by atoms with E-state index in [1.54, 1.807) is 28.4 Å². The van der Waals surface area contributed by atoms with Crippen LogP contribution in [0.25, 0.3) is 11.3 Å². The summed E-state index contributed by atoms with van der Waals surface area (Å²) in [5.41, 5.74) is 1.14. The van der Waals surface area contributed by atoms with Crippen molar-refractivity contribution in [3.63, 3.8) is 0 Å². The van der Waals surface area contributed by atoms with E-state index in [4.69, 9.17) is 0 Å². The summed E-state index contributed by atoms with van der Waals surface area (Å²) in [5, 5.41) is 2.54. The molecule has 0 unspecified atom stereocenters. The van der Waals surface area contributed by atoms with Crippen molar-refractivity contribution in [3.05, 3.63) is 48.2 Å². The second-order valence-electron chi connectivity index (χ2n) is 8.01. The Morgan fingerprint density at radius 1 is 1.10 bits per heavy atom. The molecule has 7 nitrogen and oxygen atoms in total. The van der Waals surface area contributed by atoms with Gasteiger partial charge in [-0.25, -0.2) is 26.3 Å². The number of carbonyl (C=O) groups is 1. The monoisotopic (exact) mass is 450 g/mol. The van der Waals surface area contributed by atoms with Gasteiger partial charge in [-0.3, -0.25) is 4.98 Å². The topological polar surface area (TPSA) is 82.6 Å². The first-order chi connectivity index (χ1) is 14.7. The number of piperidine rings is 1. The number of benzene rings is 1. The Balaban J connectivity index is 1.34. The number of nitrogens with one attached hydrogen (secondary N) is 1. The van der Waals surface area contributed by atoms with Gasteiger partial charge in [0, 0.05) is 37.8 Å². The molecule has 2 heterocycles. The van der Waals surface area contributed by atoms with Crippen LogP contribution in [0.1, 0.15) is 25.7 Å². The van der Waals surface area contributed by atoms with Crippen LogP contribution in [-0.2, 0) is 10.0 Å². The lowest BCUT2D eigenvalue weighted by Crippen LogP contribution is -2.48. The summed E-state index contributed by atoms with van der Waals surface area (Å²) in [6, 6.07) is 5.97. The number of sulfonamides is 1. The minimum atomic E-state index is -3.18. The zero-order valence-electron chi connectivity index (χ0n) is 17.1. The third-order valence-corrected chi connectivity index (χ3v) is 8.17. The fourth-order valence-corrected chi connectivity index (χ4v) is 5.65. The number of carbonyl (C=O) groups excluding carboxylic acids is 1. The van der Waals surface area contributed by atoms with E-state index in [0.29, 0.717) is 42.9 Å². The third-order valence-electron chi connectivity index (χ3n) is 5.77. The van der Waals surface area contributed by atoms with Gasteiger partial charge >= 0.3 is 6.03 Å². The Hall–Kier alpha value is -2.59. The molecule has 2 aromatic rings. The molecular formula is C21H24F2N4O3S. The second kappa shape index (κ2) is 8.51. The summed E-state index contributed by atoms with van der Waals surface area (Å²) >= 11 is 0. The molecule has 31 heavy (non-hydrogen) atoms. The maximum absolute atomic E-state index is 13.4. The smallest absolute Gasteiger partial charge is 0.321 e. The molecule has 4 rings (SSSR count). The van der Waals surface area contributed by atoms with Gasteiger partial charge in [0.2, 0.25) is 10.0 Å². The van der Waals surface area contributed by atoms with E-state index in [2.05, 4.69) is 10.3 Å². The average molecular weight is 451 g/mol. The number of pyridine rings is 1. The number of halogens is 2. The first-order valence-electron chi connectivity index (χ1n) is 10.2. The number of aromatic nitrogens is 1. The van der Waals surface area contributed by atoms with E-state index in [1.165, 1.54) is 18.3 Å². The van der Waals surface area contributed by atoms with Gasteiger partial charge in [0.1, 0.15) is 11.6 Å². The summed E-state index contributed by atoms with van der Waals surface area (Å²) in [7, 11) is -1.50. The molecule has 1 aromatic carbocycles. The van der Waals surface area contributed by atoms with Crippen molar-refractivity contribution in [1.82, 2.24) is 14.2 Å². The van der Waals surface area contributed by atoms with E-state index < -0.39 is 21.7 Å². The van der Waals surface area contributed by atoms with Crippen LogP contribution in [-0.4, -0.2) is 60.1 Å². The molecule has 0 spiro atoms. The van der Waals surface area contributed by atoms with Crippen LogP contribution < -0.4 is 5.32 Å². The Morgan fingerprint density at radius 3 is 2.29 bits per heavy atom. The maximum atomic E-state index is 13.4. The van der Waals surface area contributed by atoms with Crippen molar-refractivity contribution in [3.8, 4) is 11.3 Å². The van der Waals surface area contributed by atoms with E-state index in [-0.39, 0.29) is 17.3 Å². The number of anilines is 1. The molecular weight excluding hydrogens is 426 g/mol. The highest BCUT2D eigenvalue weighted by Crippen LogP contribution is 2.32. The molecule has 2 aliphatic rings. The second-order valence-corrected chi connectivity index (χ2v) is 10.2. The molecule has 166 valence electrons. The summed E-state index contributed by atoms with van der Waals surface area (Å²) in [6.07, 6.45) is 4.07. The van der Waals surface area contributed by atoms with Crippen LogP contribution in [0.5, 0.6) is 0 Å². The van der Waals surface area contributed by atoms with Crippen molar-refractivity contribution in [1.29, 1.82) is 0 Å². The van der Waals surface area contributed by atoms with Gasteiger partial charge in [0.15, 0.2) is 0 Å². The van der Waals surface area contributed by atoms with Crippen molar-refractivity contribution in [2.24, 2.45) is 0 Å². The Bertz CT molecular complexity index is 1050. The van der Waals surface area contributed by atoms with Crippen molar-refractivity contribution in [2.45, 2.75) is 37.0 Å². The molecule has 2 fully saturated rings. The molecule has 1 saturated heterocycles. The fraction of sp³-hybridized carbons (Fsp3) is 0.429. The molecule has 1 aromatic heterocycles. The predicted molar refractivity (Wildman–Crippen MR) is 113 cm³/mol. The predicted octanol–water partition coefficient (Wildman–Crippen LogP) is 3.45. The summed E-state index contributed by atoms with van der Waals surface area (Å²) in [6.45, 7) is 0.836. The molecule has 0 radical (unpaired) electrons. The van der Waals surface area contributed by atoms with Crippen LogP contribution in [0.15, 0.2) is 36.5 Å². The fourth-order valence-electron chi connectivity index (χ4n) is 3.78. The molecule has 1 saturated carbocycles. The van der Waals surface area contributed by atoms with Crippen molar-refractivity contribution in [2.75, 3.05) is 25.5 Å². The normalized spacial score (nSPS) is 18.0. The maximum Gasteiger partial charge on any atom is 0.321 e. The molecule has 1 aliphatic carbocycles. The van der Waals surface area contributed by atoms with Crippen molar-refractivity contribution >= 4 is 21.7 Å². The highest BCUT2D eigenvalue weighted by molar-refractivity contribution is 7.90. The van der Waals surface area contributed by atoms with Crippen LogP contribution >= 0.6 is 0 Å². The molecule has 0 atom stereocenters. The molecule has 1 aliphatic heterocycles. The SMILES string of the molecule is CN(C(=O)Nc1ccc(-c2cc(F)cc(F)c2)nc1)C1CCN(S(=O)(=O)C2CC2)CC1. The zero-order chi connectivity index (χ0) is 22.2. The number of urea groups is 1. The number of amides is 2. The number of hydrogen-bond donors (Lipinski definition) is 1. The standard InChI is InChI=1S/C21H24F2N4O3S/c1-26(18-6-8-27(9-7-18)31(29,30)19-3-4-19)21(28)25-17-2-5-20(24-13-17)14-10-15(22)12-16(23)11-14/h2,5,10-13,18-19H,3-4,6-9H2,1H3,(H,25,28).